The summed E-state index contributed by atoms with van der Waals surface area (Å²) in [7, 11) is 0. The normalized spacial score (nSPS) is 21.1. The summed E-state index contributed by atoms with van der Waals surface area (Å²) in [5, 5.41) is 8.25. The molecular weight excluding hydrogens is 306 g/mol. The third kappa shape index (κ3) is 4.37. The van der Waals surface area contributed by atoms with Crippen LogP contribution in [0.1, 0.15) is 37.7 Å². The predicted molar refractivity (Wildman–Crippen MR) is 91.7 cm³/mol. The lowest BCUT2D eigenvalue weighted by molar-refractivity contribution is -0.124. The van der Waals surface area contributed by atoms with Gasteiger partial charge in [-0.1, -0.05) is 6.07 Å². The van der Waals surface area contributed by atoms with Crippen LogP contribution in [-0.2, 0) is 11.3 Å². The SMILES string of the molecule is O=C(NCc1ccc(N2CCCCC2)nc1)NC1CCCNC1=O. The van der Waals surface area contributed by atoms with E-state index in [1.807, 2.05) is 12.1 Å². The summed E-state index contributed by atoms with van der Waals surface area (Å²) in [5.41, 5.74) is 0.944. The first kappa shape index (κ1) is 16.5. The highest BCUT2D eigenvalue weighted by Gasteiger charge is 2.23. The molecule has 0 saturated carbocycles. The van der Waals surface area contributed by atoms with Crippen molar-refractivity contribution in [3.05, 3.63) is 23.9 Å². The lowest BCUT2D eigenvalue weighted by Gasteiger charge is -2.27. The summed E-state index contributed by atoms with van der Waals surface area (Å²) in [6.45, 7) is 3.22. The van der Waals surface area contributed by atoms with Crippen molar-refractivity contribution in [2.24, 2.45) is 0 Å². The number of aromatic nitrogens is 1. The van der Waals surface area contributed by atoms with Gasteiger partial charge in [0, 0.05) is 32.4 Å². The molecule has 0 aliphatic carbocycles. The van der Waals surface area contributed by atoms with E-state index >= 15 is 0 Å². The molecule has 130 valence electrons. The molecule has 3 rings (SSSR count). The second-order valence-electron chi connectivity index (χ2n) is 6.39. The summed E-state index contributed by atoms with van der Waals surface area (Å²) < 4.78 is 0. The zero-order valence-electron chi connectivity index (χ0n) is 13.9. The minimum atomic E-state index is -0.432. The van der Waals surface area contributed by atoms with Crippen LogP contribution in [0.25, 0.3) is 0 Å². The first-order valence-corrected chi connectivity index (χ1v) is 8.74. The molecule has 3 heterocycles. The van der Waals surface area contributed by atoms with E-state index in [-0.39, 0.29) is 11.9 Å². The Labute approximate surface area is 142 Å². The van der Waals surface area contributed by atoms with Gasteiger partial charge in [0.25, 0.3) is 0 Å². The average molecular weight is 331 g/mol. The van der Waals surface area contributed by atoms with Crippen molar-refractivity contribution in [1.29, 1.82) is 0 Å². The molecule has 7 nitrogen and oxygen atoms in total. The van der Waals surface area contributed by atoms with Gasteiger partial charge in [0.2, 0.25) is 5.91 Å². The maximum absolute atomic E-state index is 11.9. The first-order valence-electron chi connectivity index (χ1n) is 8.74. The highest BCUT2D eigenvalue weighted by molar-refractivity contribution is 5.87. The molecule has 3 amide bonds. The Morgan fingerprint density at radius 1 is 1.25 bits per heavy atom. The van der Waals surface area contributed by atoms with Gasteiger partial charge in [-0.25, -0.2) is 9.78 Å². The van der Waals surface area contributed by atoms with E-state index in [9.17, 15) is 9.59 Å². The molecule has 7 heteroatoms. The second-order valence-corrected chi connectivity index (χ2v) is 6.39. The maximum atomic E-state index is 11.9. The van der Waals surface area contributed by atoms with Crippen molar-refractivity contribution < 1.29 is 9.59 Å². The quantitative estimate of drug-likeness (QED) is 0.772. The fourth-order valence-electron chi connectivity index (χ4n) is 3.13. The molecule has 1 atom stereocenters. The summed E-state index contributed by atoms with van der Waals surface area (Å²) in [6.07, 6.45) is 7.12. The van der Waals surface area contributed by atoms with Crippen LogP contribution in [0.5, 0.6) is 0 Å². The minimum absolute atomic E-state index is 0.107. The van der Waals surface area contributed by atoms with Gasteiger partial charge in [0.1, 0.15) is 11.9 Å². The van der Waals surface area contributed by atoms with Crippen LogP contribution in [0.3, 0.4) is 0 Å². The van der Waals surface area contributed by atoms with Gasteiger partial charge >= 0.3 is 6.03 Å². The highest BCUT2D eigenvalue weighted by Crippen LogP contribution is 2.17. The summed E-state index contributed by atoms with van der Waals surface area (Å²) in [6, 6.07) is 3.25. The fourth-order valence-corrected chi connectivity index (χ4v) is 3.13. The van der Waals surface area contributed by atoms with Gasteiger partial charge in [-0.15, -0.1) is 0 Å². The van der Waals surface area contributed by atoms with Crippen LogP contribution in [0, 0.1) is 0 Å². The third-order valence-corrected chi connectivity index (χ3v) is 4.53. The van der Waals surface area contributed by atoms with Crippen LogP contribution in [0.2, 0.25) is 0 Å². The summed E-state index contributed by atoms with van der Waals surface area (Å²) >= 11 is 0. The maximum Gasteiger partial charge on any atom is 0.315 e. The van der Waals surface area contributed by atoms with E-state index in [0.29, 0.717) is 19.5 Å². The number of anilines is 1. The summed E-state index contributed by atoms with van der Waals surface area (Å²) in [5.74, 6) is 0.894. The third-order valence-electron chi connectivity index (χ3n) is 4.53. The fraction of sp³-hybridized carbons (Fsp3) is 0.588. The van der Waals surface area contributed by atoms with E-state index in [1.165, 1.54) is 19.3 Å². The van der Waals surface area contributed by atoms with Gasteiger partial charge in [-0.2, -0.15) is 0 Å². The molecule has 0 spiro atoms. The Morgan fingerprint density at radius 2 is 2.08 bits per heavy atom. The van der Waals surface area contributed by atoms with E-state index in [2.05, 4.69) is 25.8 Å². The standard InChI is InChI=1S/C17H25N5O2/c23-16-14(5-4-8-18-16)21-17(24)20-12-13-6-7-15(19-11-13)22-9-2-1-3-10-22/h6-7,11,14H,1-5,8-10,12H2,(H,18,23)(H2,20,21,24). The van der Waals surface area contributed by atoms with Gasteiger partial charge in [-0.3, -0.25) is 4.79 Å². The Bertz CT molecular complexity index is 569. The van der Waals surface area contributed by atoms with Crippen LogP contribution in [-0.4, -0.2) is 42.6 Å². The molecule has 24 heavy (non-hydrogen) atoms. The van der Waals surface area contributed by atoms with Crippen molar-refractivity contribution in [3.63, 3.8) is 0 Å². The lowest BCUT2D eigenvalue weighted by Crippen LogP contribution is -2.52. The molecular formula is C17H25N5O2. The number of nitrogens with zero attached hydrogens (tertiary/aromatic N) is 2. The van der Waals surface area contributed by atoms with Crippen molar-refractivity contribution in [2.75, 3.05) is 24.5 Å². The Balaban J connectivity index is 1.45. The van der Waals surface area contributed by atoms with E-state index < -0.39 is 6.04 Å². The number of amides is 3. The molecule has 3 N–H and O–H groups in total. The number of piperidine rings is 2. The van der Waals surface area contributed by atoms with Crippen molar-refractivity contribution in [1.82, 2.24) is 20.9 Å². The molecule has 2 saturated heterocycles. The van der Waals surface area contributed by atoms with E-state index in [4.69, 9.17) is 0 Å². The van der Waals surface area contributed by atoms with Crippen LogP contribution >= 0.6 is 0 Å². The Hall–Kier alpha value is -2.31. The van der Waals surface area contributed by atoms with Crippen molar-refractivity contribution in [3.8, 4) is 0 Å². The van der Waals surface area contributed by atoms with Crippen molar-refractivity contribution in [2.45, 2.75) is 44.7 Å². The molecule has 0 aromatic carbocycles. The van der Waals surface area contributed by atoms with Gasteiger partial charge < -0.3 is 20.9 Å². The van der Waals surface area contributed by atoms with Crippen molar-refractivity contribution >= 4 is 17.8 Å². The molecule has 2 aliphatic rings. The molecule has 1 unspecified atom stereocenters. The molecule has 1 aromatic heterocycles. The number of pyridine rings is 1. The van der Waals surface area contributed by atoms with E-state index in [0.717, 1.165) is 30.9 Å². The summed E-state index contributed by atoms with van der Waals surface area (Å²) in [4.78, 5) is 30.3. The Kier molecular flexibility index (Phi) is 5.51. The van der Waals surface area contributed by atoms with Crippen LogP contribution in [0.4, 0.5) is 10.6 Å². The number of hydrogen-bond acceptors (Lipinski definition) is 4. The second kappa shape index (κ2) is 7.99. The van der Waals surface area contributed by atoms with Gasteiger partial charge in [-0.05, 0) is 43.7 Å². The number of nitrogens with one attached hydrogen (secondary N) is 3. The minimum Gasteiger partial charge on any atom is -0.357 e. The average Bonchev–Trinajstić information content (AvgIpc) is 2.63. The molecule has 1 aromatic rings. The monoisotopic (exact) mass is 331 g/mol. The van der Waals surface area contributed by atoms with Gasteiger partial charge in [0.15, 0.2) is 0 Å². The molecule has 0 bridgehead atoms. The first-order chi connectivity index (χ1) is 11.7. The number of carbonyl (C=O) groups excluding carboxylic acids is 2. The highest BCUT2D eigenvalue weighted by atomic mass is 16.2. The number of rotatable bonds is 4. The molecule has 2 fully saturated rings. The topological polar surface area (TPSA) is 86.4 Å². The van der Waals surface area contributed by atoms with Crippen LogP contribution in [0.15, 0.2) is 18.3 Å². The van der Waals surface area contributed by atoms with Crippen LogP contribution < -0.4 is 20.9 Å². The number of carbonyl (C=O) groups is 2. The molecule has 0 radical (unpaired) electrons. The predicted octanol–water partition coefficient (Wildman–Crippen LogP) is 1.15. The van der Waals surface area contributed by atoms with Gasteiger partial charge in [0.05, 0.1) is 0 Å². The zero-order chi connectivity index (χ0) is 16.8. The number of urea groups is 1. The lowest BCUT2D eigenvalue weighted by atomic mass is 10.1. The van der Waals surface area contributed by atoms with E-state index in [1.54, 1.807) is 6.20 Å². The largest absolute Gasteiger partial charge is 0.357 e. The Morgan fingerprint density at radius 3 is 2.79 bits per heavy atom. The molecule has 2 aliphatic heterocycles. The smallest absolute Gasteiger partial charge is 0.315 e. The zero-order valence-corrected chi connectivity index (χ0v) is 13.9. The number of hydrogen-bond donors (Lipinski definition) is 3.